The minimum atomic E-state index is -0.486. The number of quaternary nitrogens is 1. The first-order chi connectivity index (χ1) is 14.7. The number of hydrogen-bond donors (Lipinski definition) is 2. The summed E-state index contributed by atoms with van der Waals surface area (Å²) in [7, 11) is 0. The highest BCUT2D eigenvalue weighted by molar-refractivity contribution is 5.94. The van der Waals surface area contributed by atoms with Crippen molar-refractivity contribution in [2.75, 3.05) is 13.1 Å². The van der Waals surface area contributed by atoms with E-state index in [4.69, 9.17) is 0 Å². The van der Waals surface area contributed by atoms with Gasteiger partial charge in [0.25, 0.3) is 5.91 Å². The second-order valence-electron chi connectivity index (χ2n) is 7.71. The molecule has 0 atom stereocenters. The van der Waals surface area contributed by atoms with E-state index in [0.717, 1.165) is 51.3 Å². The molecule has 30 heavy (non-hydrogen) atoms. The minimum Gasteiger partial charge on any atom is -0.349 e. The first-order valence-corrected chi connectivity index (χ1v) is 10.4. The summed E-state index contributed by atoms with van der Waals surface area (Å²) in [5.41, 5.74) is 1.36. The number of nitrogens with one attached hydrogen (secondary N) is 2. The highest BCUT2D eigenvalue weighted by Gasteiger charge is 2.26. The number of hydrogen-bond acceptors (Lipinski definition) is 4. The van der Waals surface area contributed by atoms with Gasteiger partial charge in [-0.2, -0.15) is 0 Å². The van der Waals surface area contributed by atoms with E-state index < -0.39 is 5.82 Å². The number of halogens is 1. The van der Waals surface area contributed by atoms with Gasteiger partial charge in [0.1, 0.15) is 12.4 Å². The van der Waals surface area contributed by atoms with Crippen LogP contribution in [-0.2, 0) is 19.5 Å². The molecule has 0 saturated carbocycles. The summed E-state index contributed by atoms with van der Waals surface area (Å²) in [5, 5.41) is 15.2. The molecule has 0 radical (unpaired) electrons. The summed E-state index contributed by atoms with van der Waals surface area (Å²) in [6.07, 6.45) is 2.58. The summed E-state index contributed by atoms with van der Waals surface area (Å²) in [6, 6.07) is 16.4. The SMILES string of the molecule is O=C(NC1CC[NH+](Cc2nnnn2CCc2ccccc2)CC1)c1ccccc1F. The number of benzene rings is 2. The van der Waals surface area contributed by atoms with E-state index in [1.165, 1.54) is 22.6 Å². The van der Waals surface area contributed by atoms with Gasteiger partial charge in [0.15, 0.2) is 0 Å². The molecule has 1 saturated heterocycles. The van der Waals surface area contributed by atoms with Crippen LogP contribution in [0, 0.1) is 5.82 Å². The Kier molecular flexibility index (Phi) is 6.44. The highest BCUT2D eigenvalue weighted by Crippen LogP contribution is 2.08. The Morgan fingerprint density at radius 1 is 1.10 bits per heavy atom. The van der Waals surface area contributed by atoms with Crippen molar-refractivity contribution in [2.45, 2.75) is 38.4 Å². The molecule has 8 heteroatoms. The maximum absolute atomic E-state index is 13.8. The molecule has 3 aromatic rings. The van der Waals surface area contributed by atoms with Gasteiger partial charge in [0.05, 0.1) is 18.7 Å². The second-order valence-corrected chi connectivity index (χ2v) is 7.71. The molecule has 1 aromatic heterocycles. The molecule has 1 aliphatic heterocycles. The van der Waals surface area contributed by atoms with Gasteiger partial charge in [0.2, 0.25) is 5.82 Å². The van der Waals surface area contributed by atoms with Crippen molar-refractivity contribution >= 4 is 5.91 Å². The largest absolute Gasteiger partial charge is 0.349 e. The lowest BCUT2D eigenvalue weighted by atomic mass is 10.0. The van der Waals surface area contributed by atoms with Gasteiger partial charge in [-0.25, -0.2) is 9.07 Å². The zero-order valence-corrected chi connectivity index (χ0v) is 16.8. The number of rotatable bonds is 7. The Hall–Kier alpha value is -3.13. The maximum Gasteiger partial charge on any atom is 0.254 e. The van der Waals surface area contributed by atoms with Crippen LogP contribution in [0.1, 0.15) is 34.6 Å². The molecule has 2 heterocycles. The molecule has 0 unspecified atom stereocenters. The molecular formula is C22H26FN6O+. The zero-order chi connectivity index (χ0) is 20.8. The normalized spacial score (nSPS) is 18.8. The van der Waals surface area contributed by atoms with Gasteiger partial charge >= 0.3 is 0 Å². The summed E-state index contributed by atoms with van der Waals surface area (Å²) in [6.45, 7) is 3.33. The Morgan fingerprint density at radius 2 is 1.83 bits per heavy atom. The monoisotopic (exact) mass is 409 g/mol. The Bertz CT molecular complexity index is 969. The van der Waals surface area contributed by atoms with Crippen molar-refractivity contribution in [3.05, 3.63) is 77.4 Å². The number of carbonyl (C=O) groups is 1. The smallest absolute Gasteiger partial charge is 0.254 e. The second kappa shape index (κ2) is 9.58. The fraction of sp³-hybridized carbons (Fsp3) is 0.364. The average molecular weight is 409 g/mol. The van der Waals surface area contributed by atoms with Crippen LogP contribution in [0.2, 0.25) is 0 Å². The number of amides is 1. The highest BCUT2D eigenvalue weighted by atomic mass is 19.1. The van der Waals surface area contributed by atoms with Crippen LogP contribution in [0.3, 0.4) is 0 Å². The van der Waals surface area contributed by atoms with Gasteiger partial charge in [-0.3, -0.25) is 4.79 Å². The summed E-state index contributed by atoms with van der Waals surface area (Å²) >= 11 is 0. The number of piperidine rings is 1. The van der Waals surface area contributed by atoms with Crippen LogP contribution in [0.15, 0.2) is 54.6 Å². The van der Waals surface area contributed by atoms with Crippen LogP contribution in [0.4, 0.5) is 4.39 Å². The van der Waals surface area contributed by atoms with Crippen molar-refractivity contribution in [1.29, 1.82) is 0 Å². The van der Waals surface area contributed by atoms with Crippen molar-refractivity contribution < 1.29 is 14.1 Å². The summed E-state index contributed by atoms with van der Waals surface area (Å²) < 4.78 is 15.7. The third-order valence-corrected chi connectivity index (χ3v) is 5.62. The van der Waals surface area contributed by atoms with E-state index in [0.29, 0.717) is 0 Å². The predicted molar refractivity (Wildman–Crippen MR) is 109 cm³/mol. The summed E-state index contributed by atoms with van der Waals surface area (Å²) in [4.78, 5) is 13.7. The molecular weight excluding hydrogens is 383 g/mol. The number of aromatic nitrogens is 4. The topological polar surface area (TPSA) is 77.1 Å². The molecule has 0 aliphatic carbocycles. The Morgan fingerprint density at radius 3 is 2.60 bits per heavy atom. The fourth-order valence-corrected chi connectivity index (χ4v) is 3.88. The maximum atomic E-state index is 13.8. The molecule has 0 spiro atoms. The van der Waals surface area contributed by atoms with Crippen LogP contribution in [0.25, 0.3) is 0 Å². The lowest BCUT2D eigenvalue weighted by molar-refractivity contribution is -0.919. The molecule has 156 valence electrons. The molecule has 1 fully saturated rings. The zero-order valence-electron chi connectivity index (χ0n) is 16.8. The lowest BCUT2D eigenvalue weighted by Gasteiger charge is -2.29. The van der Waals surface area contributed by atoms with Crippen molar-refractivity contribution in [2.24, 2.45) is 0 Å². The van der Waals surface area contributed by atoms with E-state index in [-0.39, 0.29) is 17.5 Å². The molecule has 2 N–H and O–H groups in total. The van der Waals surface area contributed by atoms with Gasteiger partial charge < -0.3 is 10.2 Å². The molecule has 0 bridgehead atoms. The number of aryl methyl sites for hydroxylation is 2. The van der Waals surface area contributed by atoms with Crippen molar-refractivity contribution in [3.8, 4) is 0 Å². The van der Waals surface area contributed by atoms with Gasteiger partial charge in [-0.1, -0.05) is 42.5 Å². The average Bonchev–Trinajstić information content (AvgIpc) is 3.21. The molecule has 7 nitrogen and oxygen atoms in total. The van der Waals surface area contributed by atoms with Crippen LogP contribution in [-0.4, -0.2) is 45.2 Å². The standard InChI is InChI=1S/C22H25FN6O/c23-20-9-5-4-8-19(20)22(30)24-18-11-13-28(14-12-18)16-21-25-26-27-29(21)15-10-17-6-2-1-3-7-17/h1-9,18H,10-16H2,(H,24,30)/p+1. The van der Waals surface area contributed by atoms with Crippen LogP contribution in [0.5, 0.6) is 0 Å². The number of nitrogens with zero attached hydrogens (tertiary/aromatic N) is 4. The lowest BCUT2D eigenvalue weighted by Crippen LogP contribution is -3.12. The van der Waals surface area contributed by atoms with E-state index in [1.54, 1.807) is 12.1 Å². The third-order valence-electron chi connectivity index (χ3n) is 5.62. The molecule has 2 aromatic carbocycles. The van der Waals surface area contributed by atoms with E-state index >= 15 is 0 Å². The van der Waals surface area contributed by atoms with E-state index in [9.17, 15) is 9.18 Å². The number of likely N-dealkylation sites (tertiary alicyclic amines) is 1. The molecule has 1 aliphatic rings. The van der Waals surface area contributed by atoms with Crippen molar-refractivity contribution in [3.63, 3.8) is 0 Å². The molecule has 1 amide bonds. The minimum absolute atomic E-state index is 0.0648. The third kappa shape index (κ3) is 5.07. The van der Waals surface area contributed by atoms with Crippen LogP contribution < -0.4 is 10.2 Å². The first-order valence-electron chi connectivity index (χ1n) is 10.4. The number of tetrazole rings is 1. The Labute approximate surface area is 174 Å². The molecule has 4 rings (SSSR count). The van der Waals surface area contributed by atoms with Crippen molar-refractivity contribution in [1.82, 2.24) is 25.5 Å². The number of carbonyl (C=O) groups excluding carboxylic acids is 1. The first kappa shape index (κ1) is 20.2. The quantitative estimate of drug-likeness (QED) is 0.611. The van der Waals surface area contributed by atoms with Gasteiger partial charge in [-0.05, 0) is 34.5 Å². The van der Waals surface area contributed by atoms with Crippen LogP contribution >= 0.6 is 0 Å². The van der Waals surface area contributed by atoms with E-state index in [1.807, 2.05) is 22.9 Å². The van der Waals surface area contributed by atoms with Gasteiger partial charge in [0, 0.05) is 25.4 Å². The predicted octanol–water partition coefficient (Wildman–Crippen LogP) is 1.03. The fourth-order valence-electron chi connectivity index (χ4n) is 3.88. The van der Waals surface area contributed by atoms with Gasteiger partial charge in [-0.15, -0.1) is 5.10 Å². The summed E-state index contributed by atoms with van der Waals surface area (Å²) in [5.74, 6) is 0.0570. The van der Waals surface area contributed by atoms with E-state index in [2.05, 4.69) is 33.0 Å². The Balaban J connectivity index is 1.26.